The standard InChI is InChI=1S/C13H21BrN2S/c1-10(12-6-7-13(14)17-12)15-9-11-5-3-4-8-16(11)2/h6-7,10-11,15H,3-5,8-9H2,1-2H3. The lowest BCUT2D eigenvalue weighted by Gasteiger charge is -2.33. The lowest BCUT2D eigenvalue weighted by Crippen LogP contribution is -2.43. The molecule has 17 heavy (non-hydrogen) atoms. The summed E-state index contributed by atoms with van der Waals surface area (Å²) in [4.78, 5) is 3.91. The highest BCUT2D eigenvalue weighted by molar-refractivity contribution is 9.11. The van der Waals surface area contributed by atoms with Gasteiger partial charge in [-0.1, -0.05) is 6.42 Å². The number of piperidine rings is 1. The molecular formula is C13H21BrN2S. The van der Waals surface area contributed by atoms with E-state index in [-0.39, 0.29) is 0 Å². The number of likely N-dealkylation sites (tertiary alicyclic amines) is 1. The van der Waals surface area contributed by atoms with Crippen molar-refractivity contribution in [3.05, 3.63) is 20.8 Å². The van der Waals surface area contributed by atoms with Gasteiger partial charge in [-0.3, -0.25) is 0 Å². The first-order valence-corrected chi connectivity index (χ1v) is 7.96. The molecule has 0 saturated carbocycles. The summed E-state index contributed by atoms with van der Waals surface area (Å²) in [7, 11) is 2.25. The molecule has 96 valence electrons. The Balaban J connectivity index is 1.81. The quantitative estimate of drug-likeness (QED) is 0.912. The lowest BCUT2D eigenvalue weighted by atomic mass is 10.0. The third-order valence-electron chi connectivity index (χ3n) is 3.60. The molecule has 1 aromatic rings. The number of thiophene rings is 1. The molecule has 1 fully saturated rings. The monoisotopic (exact) mass is 316 g/mol. The second kappa shape index (κ2) is 6.32. The zero-order chi connectivity index (χ0) is 12.3. The van der Waals surface area contributed by atoms with Crippen molar-refractivity contribution < 1.29 is 0 Å². The Kier molecular flexibility index (Phi) is 5.03. The zero-order valence-electron chi connectivity index (χ0n) is 10.6. The van der Waals surface area contributed by atoms with Gasteiger partial charge in [0, 0.05) is 23.5 Å². The van der Waals surface area contributed by atoms with E-state index in [2.05, 4.69) is 52.3 Å². The van der Waals surface area contributed by atoms with E-state index in [0.717, 1.165) is 12.6 Å². The molecule has 2 unspecified atom stereocenters. The van der Waals surface area contributed by atoms with Gasteiger partial charge in [-0.2, -0.15) is 0 Å². The summed E-state index contributed by atoms with van der Waals surface area (Å²) in [5.74, 6) is 0. The fourth-order valence-corrected chi connectivity index (χ4v) is 3.83. The Morgan fingerprint density at radius 2 is 2.35 bits per heavy atom. The normalized spacial score (nSPS) is 23.8. The Hall–Kier alpha value is 0.1000. The minimum atomic E-state index is 0.460. The molecule has 0 aliphatic carbocycles. The van der Waals surface area contributed by atoms with Crippen LogP contribution < -0.4 is 5.32 Å². The van der Waals surface area contributed by atoms with E-state index >= 15 is 0 Å². The molecule has 0 spiro atoms. The van der Waals surface area contributed by atoms with Gasteiger partial charge in [-0.15, -0.1) is 11.3 Å². The molecule has 2 atom stereocenters. The first kappa shape index (κ1) is 13.5. The average molecular weight is 317 g/mol. The van der Waals surface area contributed by atoms with E-state index in [4.69, 9.17) is 0 Å². The number of nitrogens with one attached hydrogen (secondary N) is 1. The van der Waals surface area contributed by atoms with Crippen LogP contribution in [0.4, 0.5) is 0 Å². The fourth-order valence-electron chi connectivity index (χ4n) is 2.38. The molecule has 1 aliphatic heterocycles. The molecule has 0 bridgehead atoms. The third-order valence-corrected chi connectivity index (χ3v) is 5.41. The number of rotatable bonds is 4. The Morgan fingerprint density at radius 3 is 3.00 bits per heavy atom. The predicted molar refractivity (Wildman–Crippen MR) is 78.7 cm³/mol. The van der Waals surface area contributed by atoms with Gasteiger partial charge in [0.25, 0.3) is 0 Å². The molecule has 1 aliphatic rings. The Morgan fingerprint density at radius 1 is 1.53 bits per heavy atom. The summed E-state index contributed by atoms with van der Waals surface area (Å²) < 4.78 is 1.22. The highest BCUT2D eigenvalue weighted by atomic mass is 79.9. The molecule has 2 nitrogen and oxygen atoms in total. The van der Waals surface area contributed by atoms with E-state index < -0.39 is 0 Å². The van der Waals surface area contributed by atoms with Gasteiger partial charge in [-0.05, 0) is 61.4 Å². The molecule has 0 aromatic carbocycles. The van der Waals surface area contributed by atoms with E-state index in [1.54, 1.807) is 0 Å². The largest absolute Gasteiger partial charge is 0.308 e. The van der Waals surface area contributed by atoms with E-state index in [9.17, 15) is 0 Å². The Bertz CT molecular complexity index is 353. The van der Waals surface area contributed by atoms with Crippen molar-refractivity contribution in [2.24, 2.45) is 0 Å². The van der Waals surface area contributed by atoms with Crippen LogP contribution in [0, 0.1) is 0 Å². The van der Waals surface area contributed by atoms with Gasteiger partial charge in [0.15, 0.2) is 0 Å². The van der Waals surface area contributed by atoms with E-state index in [1.807, 2.05) is 11.3 Å². The van der Waals surface area contributed by atoms with Crippen LogP contribution in [0.15, 0.2) is 15.9 Å². The van der Waals surface area contributed by atoms with Crippen molar-refractivity contribution >= 4 is 27.3 Å². The maximum absolute atomic E-state index is 3.66. The van der Waals surface area contributed by atoms with E-state index in [0.29, 0.717) is 6.04 Å². The summed E-state index contributed by atoms with van der Waals surface area (Å²) >= 11 is 5.34. The van der Waals surface area contributed by atoms with Crippen LogP contribution in [0.3, 0.4) is 0 Å². The summed E-state index contributed by atoms with van der Waals surface area (Å²) in [5, 5.41) is 3.66. The predicted octanol–water partition coefficient (Wildman–Crippen LogP) is 3.65. The third kappa shape index (κ3) is 3.78. The highest BCUT2D eigenvalue weighted by Gasteiger charge is 2.19. The molecule has 2 rings (SSSR count). The SMILES string of the molecule is CC(NCC1CCCCN1C)c1ccc(Br)s1. The van der Waals surface area contributed by atoms with E-state index in [1.165, 1.54) is 34.5 Å². The van der Waals surface area contributed by atoms with Crippen LogP contribution >= 0.6 is 27.3 Å². The average Bonchev–Trinajstić information content (AvgIpc) is 2.74. The van der Waals surface area contributed by atoms with Gasteiger partial charge in [-0.25, -0.2) is 0 Å². The number of halogens is 1. The number of nitrogens with zero attached hydrogens (tertiary/aromatic N) is 1. The van der Waals surface area contributed by atoms with Crippen LogP contribution in [-0.4, -0.2) is 31.1 Å². The van der Waals surface area contributed by atoms with Crippen molar-refractivity contribution in [3.63, 3.8) is 0 Å². The van der Waals surface area contributed by atoms with Crippen molar-refractivity contribution in [1.82, 2.24) is 10.2 Å². The van der Waals surface area contributed by atoms with Crippen molar-refractivity contribution in [2.75, 3.05) is 20.1 Å². The van der Waals surface area contributed by atoms with Crippen molar-refractivity contribution in [1.29, 1.82) is 0 Å². The second-order valence-corrected chi connectivity index (χ2v) is 7.40. The van der Waals surface area contributed by atoms with Crippen molar-refractivity contribution in [3.8, 4) is 0 Å². The van der Waals surface area contributed by atoms with Crippen LogP contribution in [-0.2, 0) is 0 Å². The van der Waals surface area contributed by atoms with Crippen LogP contribution in [0.25, 0.3) is 0 Å². The molecule has 1 saturated heterocycles. The smallest absolute Gasteiger partial charge is 0.0701 e. The topological polar surface area (TPSA) is 15.3 Å². The second-order valence-electron chi connectivity index (χ2n) is 4.90. The number of hydrogen-bond donors (Lipinski definition) is 1. The minimum Gasteiger partial charge on any atom is -0.308 e. The highest BCUT2D eigenvalue weighted by Crippen LogP contribution is 2.27. The van der Waals surface area contributed by atoms with Crippen LogP contribution in [0.5, 0.6) is 0 Å². The minimum absolute atomic E-state index is 0.460. The Labute approximate surface area is 117 Å². The first-order valence-electron chi connectivity index (χ1n) is 6.35. The number of likely N-dealkylation sites (N-methyl/N-ethyl adjacent to an activating group) is 1. The van der Waals surface area contributed by atoms with Crippen LogP contribution in [0.1, 0.15) is 37.1 Å². The van der Waals surface area contributed by atoms with Gasteiger partial charge in [0.2, 0.25) is 0 Å². The summed E-state index contributed by atoms with van der Waals surface area (Å²) in [6, 6.07) is 5.51. The molecule has 0 amide bonds. The van der Waals surface area contributed by atoms with Crippen LogP contribution in [0.2, 0.25) is 0 Å². The van der Waals surface area contributed by atoms with Gasteiger partial charge in [0.05, 0.1) is 3.79 Å². The first-order chi connectivity index (χ1) is 8.16. The molecule has 0 radical (unpaired) electrons. The van der Waals surface area contributed by atoms with Gasteiger partial charge < -0.3 is 10.2 Å². The summed E-state index contributed by atoms with van der Waals surface area (Å²) in [6.45, 7) is 4.61. The van der Waals surface area contributed by atoms with Crippen molar-refractivity contribution in [2.45, 2.75) is 38.3 Å². The van der Waals surface area contributed by atoms with Gasteiger partial charge >= 0.3 is 0 Å². The molecule has 2 heterocycles. The fraction of sp³-hybridized carbons (Fsp3) is 0.692. The maximum atomic E-state index is 3.66. The number of hydrogen-bond acceptors (Lipinski definition) is 3. The summed E-state index contributed by atoms with van der Waals surface area (Å²) in [6.07, 6.45) is 4.08. The molecular weight excluding hydrogens is 296 g/mol. The van der Waals surface area contributed by atoms with Gasteiger partial charge in [0.1, 0.15) is 0 Å². The zero-order valence-corrected chi connectivity index (χ0v) is 13.0. The summed E-state index contributed by atoms with van der Waals surface area (Å²) in [5.41, 5.74) is 0. The molecule has 4 heteroatoms. The maximum Gasteiger partial charge on any atom is 0.0701 e. The molecule has 1 N–H and O–H groups in total. The molecule has 1 aromatic heterocycles. The lowest BCUT2D eigenvalue weighted by molar-refractivity contribution is 0.179.